The number of rotatable bonds is 5. The van der Waals surface area contributed by atoms with Crippen molar-refractivity contribution in [1.82, 2.24) is 0 Å². The van der Waals surface area contributed by atoms with Gasteiger partial charge in [0, 0.05) is 12.1 Å². The molecular weight excluding hydrogens is 424 g/mol. The van der Waals surface area contributed by atoms with Crippen LogP contribution in [0.5, 0.6) is 17.2 Å². The van der Waals surface area contributed by atoms with Crippen molar-refractivity contribution in [3.05, 3.63) is 52.9 Å². The number of aromatic hydroxyl groups is 1. The molecule has 170 valence electrons. The first kappa shape index (κ1) is 22.1. The van der Waals surface area contributed by atoms with Crippen molar-refractivity contribution < 1.29 is 44.2 Å². The Hall–Kier alpha value is -3.15. The molecule has 1 saturated heterocycles. The van der Waals surface area contributed by atoms with Gasteiger partial charge in [0.15, 0.2) is 0 Å². The van der Waals surface area contributed by atoms with Gasteiger partial charge in [-0.1, -0.05) is 12.1 Å². The lowest BCUT2D eigenvalue weighted by molar-refractivity contribution is -0.277. The Labute approximate surface area is 181 Å². The molecule has 5 N–H and O–H groups in total. The number of hydrogen-bond donors (Lipinski definition) is 5. The Bertz CT molecular complexity index is 1150. The zero-order valence-corrected chi connectivity index (χ0v) is 16.9. The van der Waals surface area contributed by atoms with E-state index in [1.54, 1.807) is 12.1 Å². The first-order chi connectivity index (χ1) is 15.3. The Morgan fingerprint density at radius 2 is 1.75 bits per heavy atom. The summed E-state index contributed by atoms with van der Waals surface area (Å²) in [4.78, 5) is 13.1. The molecule has 1 unspecified atom stereocenters. The van der Waals surface area contributed by atoms with Crippen LogP contribution >= 0.6 is 0 Å². The maximum Gasteiger partial charge on any atom is 0.229 e. The standard InChI is InChI=1S/C22H22O10/c1-29-14-6-12(31-22-21(28)20(27)19(26)16(8-23)32-22)7-15-17(14)18(25)13(9-30-15)10-2-4-11(24)5-3-10/h2-7,9,16,19-24,26-28H,8H2,1H3/t16-,19-,20+,21-,22?/m1/s1. The van der Waals surface area contributed by atoms with E-state index in [0.717, 1.165) is 0 Å². The molecule has 10 heteroatoms. The lowest BCUT2D eigenvalue weighted by atomic mass is 9.99. The Morgan fingerprint density at radius 3 is 2.41 bits per heavy atom. The number of methoxy groups -OCH3 is 1. The summed E-state index contributed by atoms with van der Waals surface area (Å²) in [6.07, 6.45) is -5.98. The summed E-state index contributed by atoms with van der Waals surface area (Å²) in [6.45, 7) is -0.596. The molecule has 2 heterocycles. The average molecular weight is 446 g/mol. The van der Waals surface area contributed by atoms with E-state index in [2.05, 4.69) is 0 Å². The molecule has 0 aliphatic carbocycles. The van der Waals surface area contributed by atoms with Crippen LogP contribution in [0.25, 0.3) is 22.1 Å². The van der Waals surface area contributed by atoms with Crippen LogP contribution in [0.2, 0.25) is 0 Å². The summed E-state index contributed by atoms with van der Waals surface area (Å²) in [5, 5.41) is 49.0. The molecule has 0 bridgehead atoms. The molecule has 0 radical (unpaired) electrons. The fourth-order valence-corrected chi connectivity index (χ4v) is 3.56. The van der Waals surface area contributed by atoms with E-state index in [1.807, 2.05) is 0 Å². The van der Waals surface area contributed by atoms with E-state index in [0.29, 0.717) is 5.56 Å². The van der Waals surface area contributed by atoms with Gasteiger partial charge in [0.25, 0.3) is 0 Å². The quantitative estimate of drug-likeness (QED) is 0.370. The number of hydrogen-bond acceptors (Lipinski definition) is 10. The third-order valence-electron chi connectivity index (χ3n) is 5.31. The van der Waals surface area contributed by atoms with Gasteiger partial charge >= 0.3 is 0 Å². The number of benzene rings is 2. The second kappa shape index (κ2) is 8.77. The fraction of sp³-hybridized carbons (Fsp3) is 0.318. The Balaban J connectivity index is 1.71. The molecule has 5 atom stereocenters. The minimum Gasteiger partial charge on any atom is -0.508 e. The molecule has 0 saturated carbocycles. The van der Waals surface area contributed by atoms with Crippen LogP contribution in [-0.4, -0.2) is 70.0 Å². The van der Waals surface area contributed by atoms with Crippen LogP contribution in [0.3, 0.4) is 0 Å². The smallest absolute Gasteiger partial charge is 0.229 e. The summed E-state index contributed by atoms with van der Waals surface area (Å²) in [5.74, 6) is 0.294. The Morgan fingerprint density at radius 1 is 1.03 bits per heavy atom. The first-order valence-corrected chi connectivity index (χ1v) is 9.74. The van der Waals surface area contributed by atoms with E-state index in [9.17, 15) is 30.3 Å². The SMILES string of the molecule is COc1cc(OC2O[C@H](CO)[C@@H](O)[C@H](O)[C@H]2O)cc2occ(-c3ccc(O)cc3)c(=O)c12. The van der Waals surface area contributed by atoms with Gasteiger partial charge in [-0.3, -0.25) is 4.79 Å². The van der Waals surface area contributed by atoms with Gasteiger partial charge in [0.05, 0.1) is 19.3 Å². The molecule has 0 amide bonds. The third kappa shape index (κ3) is 3.90. The summed E-state index contributed by atoms with van der Waals surface area (Å²) in [7, 11) is 1.36. The van der Waals surface area contributed by atoms with Crippen molar-refractivity contribution in [3.8, 4) is 28.4 Å². The predicted octanol–water partition coefficient (Wildman–Crippen LogP) is 0.353. The van der Waals surface area contributed by atoms with Crippen LogP contribution in [0.1, 0.15) is 0 Å². The Kier molecular flexibility index (Phi) is 6.04. The normalized spacial score (nSPS) is 25.6. The second-order valence-corrected chi connectivity index (χ2v) is 7.34. The summed E-state index contributed by atoms with van der Waals surface area (Å²) in [6, 6.07) is 8.84. The number of aliphatic hydroxyl groups is 4. The third-order valence-corrected chi connectivity index (χ3v) is 5.31. The van der Waals surface area contributed by atoms with Gasteiger partial charge in [-0.25, -0.2) is 0 Å². The molecule has 1 fully saturated rings. The second-order valence-electron chi connectivity index (χ2n) is 7.34. The number of fused-ring (bicyclic) bond motifs is 1. The number of phenols is 1. The number of phenolic OH excluding ortho intramolecular Hbond substituents is 1. The highest BCUT2D eigenvalue weighted by Crippen LogP contribution is 2.33. The monoisotopic (exact) mass is 446 g/mol. The number of ether oxygens (including phenoxy) is 3. The van der Waals surface area contributed by atoms with E-state index in [1.165, 1.54) is 37.6 Å². The van der Waals surface area contributed by atoms with E-state index in [4.69, 9.17) is 18.6 Å². The highest BCUT2D eigenvalue weighted by Gasteiger charge is 2.44. The molecule has 1 aromatic heterocycles. The zero-order chi connectivity index (χ0) is 23.0. The largest absolute Gasteiger partial charge is 0.508 e. The van der Waals surface area contributed by atoms with Crippen molar-refractivity contribution in [1.29, 1.82) is 0 Å². The summed E-state index contributed by atoms with van der Waals surface area (Å²) in [5.41, 5.74) is 0.574. The molecule has 0 spiro atoms. The van der Waals surface area contributed by atoms with Crippen molar-refractivity contribution in [2.45, 2.75) is 30.7 Å². The van der Waals surface area contributed by atoms with Crippen LogP contribution in [0.4, 0.5) is 0 Å². The van der Waals surface area contributed by atoms with Crippen LogP contribution < -0.4 is 14.9 Å². The fourth-order valence-electron chi connectivity index (χ4n) is 3.56. The van der Waals surface area contributed by atoms with Crippen molar-refractivity contribution in [2.24, 2.45) is 0 Å². The van der Waals surface area contributed by atoms with Gasteiger partial charge in [0.2, 0.25) is 11.7 Å². The molecule has 1 aliphatic rings. The van der Waals surface area contributed by atoms with E-state index in [-0.39, 0.29) is 39.2 Å². The van der Waals surface area contributed by atoms with Crippen molar-refractivity contribution >= 4 is 11.0 Å². The molecule has 2 aromatic carbocycles. The van der Waals surface area contributed by atoms with Crippen LogP contribution in [-0.2, 0) is 4.74 Å². The van der Waals surface area contributed by atoms with Crippen LogP contribution in [0, 0.1) is 0 Å². The molecule has 1 aliphatic heterocycles. The van der Waals surface area contributed by atoms with Gasteiger partial charge in [0.1, 0.15) is 58.9 Å². The minimum absolute atomic E-state index is 0.0616. The predicted molar refractivity (Wildman–Crippen MR) is 111 cm³/mol. The molecule has 10 nitrogen and oxygen atoms in total. The first-order valence-electron chi connectivity index (χ1n) is 9.74. The summed E-state index contributed by atoms with van der Waals surface area (Å²) >= 11 is 0. The molecule has 32 heavy (non-hydrogen) atoms. The lowest BCUT2D eigenvalue weighted by Crippen LogP contribution is -2.60. The van der Waals surface area contributed by atoms with Crippen molar-refractivity contribution in [3.63, 3.8) is 0 Å². The number of aliphatic hydroxyl groups excluding tert-OH is 4. The lowest BCUT2D eigenvalue weighted by Gasteiger charge is -2.39. The van der Waals surface area contributed by atoms with Crippen LogP contribution in [0.15, 0.2) is 51.9 Å². The maximum absolute atomic E-state index is 13.1. The maximum atomic E-state index is 13.1. The highest BCUT2D eigenvalue weighted by atomic mass is 16.7. The van der Waals surface area contributed by atoms with Gasteiger partial charge in [-0.15, -0.1) is 0 Å². The van der Waals surface area contributed by atoms with Crippen molar-refractivity contribution in [2.75, 3.05) is 13.7 Å². The highest BCUT2D eigenvalue weighted by molar-refractivity contribution is 5.88. The zero-order valence-electron chi connectivity index (χ0n) is 16.9. The molecule has 3 aromatic rings. The average Bonchev–Trinajstić information content (AvgIpc) is 2.80. The molecular formula is C22H22O10. The van der Waals surface area contributed by atoms with E-state index >= 15 is 0 Å². The summed E-state index contributed by atoms with van der Waals surface area (Å²) < 4.78 is 21.9. The minimum atomic E-state index is -1.60. The topological polar surface area (TPSA) is 159 Å². The van der Waals surface area contributed by atoms with Gasteiger partial charge in [-0.2, -0.15) is 0 Å². The van der Waals surface area contributed by atoms with Gasteiger partial charge < -0.3 is 44.2 Å². The molecule has 4 rings (SSSR count). The van der Waals surface area contributed by atoms with Gasteiger partial charge in [-0.05, 0) is 17.7 Å². The van der Waals surface area contributed by atoms with E-state index < -0.39 is 37.3 Å².